The fourth-order valence-corrected chi connectivity index (χ4v) is 3.46. The van der Waals surface area contributed by atoms with Crippen molar-refractivity contribution in [1.82, 2.24) is 9.88 Å². The third kappa shape index (κ3) is 4.22. The summed E-state index contributed by atoms with van der Waals surface area (Å²) in [5.41, 5.74) is 3.07. The maximum absolute atomic E-state index is 12.6. The van der Waals surface area contributed by atoms with Crippen molar-refractivity contribution in [2.45, 2.75) is 26.2 Å². The molecule has 0 bridgehead atoms. The molecule has 0 aliphatic rings. The summed E-state index contributed by atoms with van der Waals surface area (Å²) in [6.07, 6.45) is 2.34. The highest BCUT2D eigenvalue weighted by molar-refractivity contribution is 5.86. The topological polar surface area (TPSA) is 77.2 Å². The third-order valence-electron chi connectivity index (χ3n) is 4.91. The van der Waals surface area contributed by atoms with Crippen molar-refractivity contribution >= 4 is 22.5 Å². The molecule has 0 aliphatic carbocycles. The van der Waals surface area contributed by atoms with Crippen LogP contribution in [0.1, 0.15) is 37.3 Å². The van der Waals surface area contributed by atoms with Crippen LogP contribution in [0.25, 0.3) is 10.9 Å². The van der Waals surface area contributed by atoms with E-state index in [9.17, 15) is 14.9 Å². The molecule has 1 N–H and O–H groups in total. The van der Waals surface area contributed by atoms with Gasteiger partial charge in [-0.1, -0.05) is 44.2 Å². The number of hydrogen-bond donors (Lipinski definition) is 1. The molecule has 1 atom stereocenters. The number of nitrogens with one attached hydrogen (secondary N) is 1. The molecule has 0 saturated heterocycles. The zero-order valence-electron chi connectivity index (χ0n) is 16.4. The first kappa shape index (κ1) is 19.6. The van der Waals surface area contributed by atoms with Gasteiger partial charge in [0.1, 0.15) is 0 Å². The van der Waals surface area contributed by atoms with Crippen LogP contribution in [0.5, 0.6) is 0 Å². The second-order valence-electron chi connectivity index (χ2n) is 7.52. The van der Waals surface area contributed by atoms with Gasteiger partial charge in [0, 0.05) is 55.2 Å². The highest BCUT2D eigenvalue weighted by atomic mass is 16.6. The van der Waals surface area contributed by atoms with Crippen molar-refractivity contribution in [2.24, 2.45) is 13.0 Å². The Hall–Kier alpha value is -3.15. The van der Waals surface area contributed by atoms with E-state index in [-0.39, 0.29) is 17.5 Å². The number of fused-ring (bicyclic) bond motifs is 1. The highest BCUT2D eigenvalue weighted by Crippen LogP contribution is 2.35. The summed E-state index contributed by atoms with van der Waals surface area (Å²) in [7, 11) is 1.98. The van der Waals surface area contributed by atoms with Gasteiger partial charge in [-0.3, -0.25) is 14.9 Å². The van der Waals surface area contributed by atoms with Crippen molar-refractivity contribution in [3.8, 4) is 0 Å². The Bertz CT molecular complexity index is 990. The number of aryl methyl sites for hydroxylation is 1. The van der Waals surface area contributed by atoms with E-state index in [2.05, 4.69) is 29.8 Å². The lowest BCUT2D eigenvalue weighted by molar-refractivity contribution is -0.384. The SMILES string of the molecule is CC(C)CNC(=O)CC(c1ccc([N+](=O)[O-])cc1)c1cn(C)c2ccccc12. The van der Waals surface area contributed by atoms with Gasteiger partial charge in [-0.15, -0.1) is 0 Å². The lowest BCUT2D eigenvalue weighted by Crippen LogP contribution is -2.28. The summed E-state index contributed by atoms with van der Waals surface area (Å²) in [5, 5.41) is 15.1. The predicted molar refractivity (Wildman–Crippen MR) is 110 cm³/mol. The number of carbonyl (C=O) groups excluding carboxylic acids is 1. The lowest BCUT2D eigenvalue weighted by Gasteiger charge is -2.18. The quantitative estimate of drug-likeness (QED) is 0.489. The number of nitro groups is 1. The number of benzene rings is 2. The van der Waals surface area contributed by atoms with E-state index in [1.807, 2.05) is 31.4 Å². The Kier molecular flexibility index (Phi) is 5.78. The smallest absolute Gasteiger partial charge is 0.269 e. The van der Waals surface area contributed by atoms with E-state index < -0.39 is 4.92 Å². The fourth-order valence-electron chi connectivity index (χ4n) is 3.46. The summed E-state index contributed by atoms with van der Waals surface area (Å²) >= 11 is 0. The first-order chi connectivity index (χ1) is 13.4. The van der Waals surface area contributed by atoms with Gasteiger partial charge in [-0.2, -0.15) is 0 Å². The molecule has 0 radical (unpaired) electrons. The number of nitrogens with zero attached hydrogens (tertiary/aromatic N) is 2. The molecule has 6 nitrogen and oxygen atoms in total. The maximum Gasteiger partial charge on any atom is 0.269 e. The van der Waals surface area contributed by atoms with E-state index in [1.165, 1.54) is 12.1 Å². The number of para-hydroxylation sites is 1. The first-order valence-corrected chi connectivity index (χ1v) is 9.41. The highest BCUT2D eigenvalue weighted by Gasteiger charge is 2.23. The molecule has 3 rings (SSSR count). The van der Waals surface area contributed by atoms with Gasteiger partial charge < -0.3 is 9.88 Å². The zero-order valence-corrected chi connectivity index (χ0v) is 16.4. The van der Waals surface area contributed by atoms with E-state index in [4.69, 9.17) is 0 Å². The average molecular weight is 379 g/mol. The number of amides is 1. The summed E-state index contributed by atoms with van der Waals surface area (Å²) < 4.78 is 2.05. The Morgan fingerprint density at radius 2 is 1.82 bits per heavy atom. The standard InChI is InChI=1S/C22H25N3O3/c1-15(2)13-23-22(26)12-19(16-8-10-17(11-9-16)25(27)28)20-14-24(3)21-7-5-4-6-18(20)21/h4-11,14-15,19H,12-13H2,1-3H3,(H,23,26). The van der Waals surface area contributed by atoms with Gasteiger partial charge in [0.05, 0.1) is 4.92 Å². The van der Waals surface area contributed by atoms with Crippen LogP contribution in [0.4, 0.5) is 5.69 Å². The molecular weight excluding hydrogens is 354 g/mol. The van der Waals surface area contributed by atoms with Gasteiger partial charge in [-0.25, -0.2) is 0 Å². The van der Waals surface area contributed by atoms with Gasteiger partial charge in [-0.05, 0) is 23.1 Å². The molecule has 6 heteroatoms. The minimum atomic E-state index is -0.411. The molecule has 1 unspecified atom stereocenters. The molecule has 0 spiro atoms. The molecule has 28 heavy (non-hydrogen) atoms. The van der Waals surface area contributed by atoms with Gasteiger partial charge in [0.2, 0.25) is 5.91 Å². The van der Waals surface area contributed by atoms with Gasteiger partial charge in [0.15, 0.2) is 0 Å². The Balaban J connectivity index is 2.00. The van der Waals surface area contributed by atoms with E-state index in [0.717, 1.165) is 22.0 Å². The lowest BCUT2D eigenvalue weighted by atomic mass is 9.88. The van der Waals surface area contributed by atoms with Crippen LogP contribution in [-0.2, 0) is 11.8 Å². The minimum absolute atomic E-state index is 0.0232. The Morgan fingerprint density at radius 3 is 2.46 bits per heavy atom. The summed E-state index contributed by atoms with van der Waals surface area (Å²) in [4.78, 5) is 23.2. The molecule has 0 saturated carbocycles. The van der Waals surface area contributed by atoms with Crippen molar-refractivity contribution in [3.63, 3.8) is 0 Å². The molecule has 1 amide bonds. The molecule has 146 valence electrons. The molecule has 0 aliphatic heterocycles. The summed E-state index contributed by atoms with van der Waals surface area (Å²) in [6, 6.07) is 14.6. The van der Waals surface area contributed by atoms with Crippen LogP contribution in [0.3, 0.4) is 0 Å². The van der Waals surface area contributed by atoms with Crippen LogP contribution in [-0.4, -0.2) is 21.9 Å². The number of carbonyl (C=O) groups is 1. The van der Waals surface area contributed by atoms with Crippen LogP contribution >= 0.6 is 0 Å². The third-order valence-corrected chi connectivity index (χ3v) is 4.91. The van der Waals surface area contributed by atoms with E-state index in [1.54, 1.807) is 12.1 Å². The Morgan fingerprint density at radius 1 is 1.14 bits per heavy atom. The number of aromatic nitrogens is 1. The largest absolute Gasteiger partial charge is 0.356 e. The average Bonchev–Trinajstić information content (AvgIpc) is 3.01. The van der Waals surface area contributed by atoms with Crippen LogP contribution < -0.4 is 5.32 Å². The molecule has 1 heterocycles. The van der Waals surface area contributed by atoms with Gasteiger partial charge in [0.25, 0.3) is 5.69 Å². The minimum Gasteiger partial charge on any atom is -0.356 e. The maximum atomic E-state index is 12.6. The van der Waals surface area contributed by atoms with Crippen molar-refractivity contribution in [1.29, 1.82) is 0 Å². The number of hydrogen-bond acceptors (Lipinski definition) is 3. The van der Waals surface area contributed by atoms with Crippen LogP contribution in [0.15, 0.2) is 54.7 Å². The number of nitro benzene ring substituents is 1. The molecule has 2 aromatic carbocycles. The first-order valence-electron chi connectivity index (χ1n) is 9.41. The van der Waals surface area contributed by atoms with Crippen molar-refractivity contribution in [3.05, 3.63) is 76.0 Å². The normalized spacial score (nSPS) is 12.3. The summed E-state index contributed by atoms with van der Waals surface area (Å²) in [5.74, 6) is 0.170. The predicted octanol–water partition coefficient (Wildman–Crippen LogP) is 4.38. The van der Waals surface area contributed by atoms with Gasteiger partial charge >= 0.3 is 0 Å². The van der Waals surface area contributed by atoms with Crippen molar-refractivity contribution in [2.75, 3.05) is 6.54 Å². The Labute approximate surface area is 164 Å². The van der Waals surface area contributed by atoms with E-state index >= 15 is 0 Å². The number of non-ortho nitro benzene ring substituents is 1. The number of rotatable bonds is 7. The summed E-state index contributed by atoms with van der Waals surface area (Å²) in [6.45, 7) is 4.74. The van der Waals surface area contributed by atoms with Crippen LogP contribution in [0.2, 0.25) is 0 Å². The van der Waals surface area contributed by atoms with E-state index in [0.29, 0.717) is 18.9 Å². The fraction of sp³-hybridized carbons (Fsp3) is 0.318. The molecular formula is C22H25N3O3. The molecule has 0 fully saturated rings. The zero-order chi connectivity index (χ0) is 20.3. The monoisotopic (exact) mass is 379 g/mol. The van der Waals surface area contributed by atoms with Crippen molar-refractivity contribution < 1.29 is 9.72 Å². The van der Waals surface area contributed by atoms with Crippen LogP contribution in [0, 0.1) is 16.0 Å². The second-order valence-corrected chi connectivity index (χ2v) is 7.52. The molecule has 3 aromatic rings. The second kappa shape index (κ2) is 8.25. The molecule has 1 aromatic heterocycles.